The van der Waals surface area contributed by atoms with Gasteiger partial charge in [-0.15, -0.1) is 0 Å². The van der Waals surface area contributed by atoms with E-state index in [0.29, 0.717) is 6.61 Å². The van der Waals surface area contributed by atoms with Crippen molar-refractivity contribution in [1.82, 2.24) is 14.5 Å². The Kier molecular flexibility index (Phi) is 9.24. The summed E-state index contributed by atoms with van der Waals surface area (Å²) in [7, 11) is 2.10. The normalized spacial score (nSPS) is 19.5. The van der Waals surface area contributed by atoms with Crippen molar-refractivity contribution in [1.29, 1.82) is 0 Å². The van der Waals surface area contributed by atoms with Crippen molar-refractivity contribution in [3.05, 3.63) is 64.9 Å². The number of rotatable bonds is 8. The maximum absolute atomic E-state index is 12.8. The lowest BCUT2D eigenvalue weighted by Gasteiger charge is -2.40. The van der Waals surface area contributed by atoms with Crippen LogP contribution in [0.4, 0.5) is 0 Å². The van der Waals surface area contributed by atoms with Gasteiger partial charge in [0.25, 0.3) is 5.91 Å². The molecule has 0 aliphatic carbocycles. The van der Waals surface area contributed by atoms with Crippen molar-refractivity contribution in [2.45, 2.75) is 45.6 Å². The summed E-state index contributed by atoms with van der Waals surface area (Å²) in [5.41, 5.74) is 5.26. The van der Waals surface area contributed by atoms with E-state index in [1.54, 1.807) is 11.9 Å². The number of hydrogen-bond donors (Lipinski definition) is 1. The van der Waals surface area contributed by atoms with E-state index in [-0.39, 0.29) is 11.5 Å². The first-order valence-electron chi connectivity index (χ1n) is 12.1. The molecule has 5 nitrogen and oxygen atoms in total. The van der Waals surface area contributed by atoms with E-state index in [0.717, 1.165) is 56.6 Å². The number of ether oxygens (including phenoxy) is 1. The second-order valence-electron chi connectivity index (χ2n) is 8.60. The SMILES string of the molecule is CC/C=C(\C=C1/COC2(C=C1c1ccc(C(=O)N(CC)CC)cc1)CCNCC2)N(C)SC. The molecule has 1 aromatic rings. The molecule has 1 amide bonds. The summed E-state index contributed by atoms with van der Waals surface area (Å²) in [4.78, 5) is 14.6. The fraction of sp³-hybridized carbons (Fsp3) is 0.519. The van der Waals surface area contributed by atoms with Crippen LogP contribution in [0.3, 0.4) is 0 Å². The van der Waals surface area contributed by atoms with E-state index in [1.165, 1.54) is 16.8 Å². The fourth-order valence-electron chi connectivity index (χ4n) is 4.48. The number of carbonyl (C=O) groups is 1. The monoisotopic (exact) mass is 469 g/mol. The third-order valence-corrected chi connectivity index (χ3v) is 7.34. The summed E-state index contributed by atoms with van der Waals surface area (Å²) in [5, 5.41) is 3.45. The second-order valence-corrected chi connectivity index (χ2v) is 9.52. The van der Waals surface area contributed by atoms with Gasteiger partial charge in [-0.05, 0) is 87.2 Å². The van der Waals surface area contributed by atoms with Gasteiger partial charge in [0.1, 0.15) is 0 Å². The van der Waals surface area contributed by atoms with Crippen LogP contribution < -0.4 is 5.32 Å². The minimum absolute atomic E-state index is 0.0906. The molecule has 2 heterocycles. The fourth-order valence-corrected chi connectivity index (χ4v) is 4.82. The maximum atomic E-state index is 12.8. The first kappa shape index (κ1) is 25.6. The molecule has 0 bridgehead atoms. The van der Waals surface area contributed by atoms with E-state index >= 15 is 0 Å². The molecular weight excluding hydrogens is 430 g/mol. The molecule has 0 aromatic heterocycles. The molecule has 2 aliphatic rings. The van der Waals surface area contributed by atoms with Crippen molar-refractivity contribution in [2.24, 2.45) is 0 Å². The third kappa shape index (κ3) is 6.11. The summed E-state index contributed by atoms with van der Waals surface area (Å²) in [5.74, 6) is 0.0906. The highest BCUT2D eigenvalue weighted by Gasteiger charge is 2.35. The van der Waals surface area contributed by atoms with Crippen LogP contribution in [0.5, 0.6) is 0 Å². The summed E-state index contributed by atoms with van der Waals surface area (Å²) in [6.45, 7) is 10.2. The molecule has 33 heavy (non-hydrogen) atoms. The molecule has 1 N–H and O–H groups in total. The van der Waals surface area contributed by atoms with Crippen LogP contribution in [0.25, 0.3) is 5.57 Å². The largest absolute Gasteiger partial charge is 0.366 e. The number of nitrogens with one attached hydrogen (secondary N) is 1. The van der Waals surface area contributed by atoms with Gasteiger partial charge >= 0.3 is 0 Å². The lowest BCUT2D eigenvalue weighted by atomic mass is 9.83. The van der Waals surface area contributed by atoms with Gasteiger partial charge in [-0.2, -0.15) is 0 Å². The van der Waals surface area contributed by atoms with Crippen molar-refractivity contribution in [3.8, 4) is 0 Å². The van der Waals surface area contributed by atoms with Crippen LogP contribution in [-0.2, 0) is 4.74 Å². The average Bonchev–Trinajstić information content (AvgIpc) is 2.85. The standard InChI is InChI=1S/C27H39N3O2S/c1-6-9-24(29(4)33-5)18-23-20-32-27(14-16-28-17-15-27)19-25(23)21-10-12-22(13-11-21)26(31)30(7-2)8-3/h9-13,18-19,28H,6-8,14-17,20H2,1-5H3/b23-18+,24-9+. The molecule has 0 radical (unpaired) electrons. The topological polar surface area (TPSA) is 44.8 Å². The first-order chi connectivity index (χ1) is 16.0. The van der Waals surface area contributed by atoms with Gasteiger partial charge < -0.3 is 19.3 Å². The first-order valence-corrected chi connectivity index (χ1v) is 13.3. The van der Waals surface area contributed by atoms with Gasteiger partial charge in [0, 0.05) is 37.7 Å². The Bertz CT molecular complexity index is 894. The molecule has 180 valence electrons. The Labute approximate surface area is 204 Å². The maximum Gasteiger partial charge on any atom is 0.253 e. The zero-order valence-electron chi connectivity index (χ0n) is 20.8. The van der Waals surface area contributed by atoms with E-state index in [2.05, 4.69) is 60.2 Å². The van der Waals surface area contributed by atoms with E-state index in [9.17, 15) is 4.79 Å². The minimum atomic E-state index is -0.215. The smallest absolute Gasteiger partial charge is 0.253 e. The van der Waals surface area contributed by atoms with Crippen LogP contribution in [0.15, 0.2) is 53.8 Å². The molecule has 1 aromatic carbocycles. The molecule has 1 saturated heterocycles. The molecule has 2 aliphatic heterocycles. The lowest BCUT2D eigenvalue weighted by Crippen LogP contribution is -2.44. The van der Waals surface area contributed by atoms with Gasteiger partial charge in [-0.3, -0.25) is 4.79 Å². The number of amides is 1. The zero-order valence-corrected chi connectivity index (χ0v) is 21.6. The molecule has 3 rings (SSSR count). The highest BCUT2D eigenvalue weighted by Crippen LogP contribution is 2.38. The Morgan fingerprint density at radius 1 is 1.15 bits per heavy atom. The van der Waals surface area contributed by atoms with Crippen LogP contribution in [0.2, 0.25) is 0 Å². The third-order valence-electron chi connectivity index (χ3n) is 6.58. The van der Waals surface area contributed by atoms with Crippen molar-refractivity contribution in [3.63, 3.8) is 0 Å². The number of allylic oxidation sites excluding steroid dienone is 2. The van der Waals surface area contributed by atoms with Gasteiger partial charge in [0.2, 0.25) is 0 Å². The van der Waals surface area contributed by atoms with Gasteiger partial charge in [-0.25, -0.2) is 0 Å². The number of likely N-dealkylation sites (N-methyl/N-ethyl adjacent to an activating group) is 1. The summed E-state index contributed by atoms with van der Waals surface area (Å²) in [6, 6.07) is 8.13. The Hall–Kier alpha value is -2.02. The summed E-state index contributed by atoms with van der Waals surface area (Å²) >= 11 is 1.70. The average molecular weight is 470 g/mol. The minimum Gasteiger partial charge on any atom is -0.366 e. The van der Waals surface area contributed by atoms with E-state index < -0.39 is 0 Å². The molecule has 0 unspecified atom stereocenters. The van der Waals surface area contributed by atoms with Gasteiger partial charge in [0.05, 0.1) is 12.2 Å². The Morgan fingerprint density at radius 2 is 1.82 bits per heavy atom. The predicted octanol–water partition coefficient (Wildman–Crippen LogP) is 5.13. The highest BCUT2D eigenvalue weighted by atomic mass is 32.2. The molecule has 1 fully saturated rings. The summed E-state index contributed by atoms with van der Waals surface area (Å²) in [6.07, 6.45) is 11.9. The second kappa shape index (κ2) is 11.9. The number of hydrogen-bond acceptors (Lipinski definition) is 5. The Morgan fingerprint density at radius 3 is 2.39 bits per heavy atom. The predicted molar refractivity (Wildman–Crippen MR) is 140 cm³/mol. The molecular formula is C27H39N3O2S. The van der Waals surface area contributed by atoms with Crippen LogP contribution in [0.1, 0.15) is 56.0 Å². The van der Waals surface area contributed by atoms with E-state index in [1.807, 2.05) is 30.9 Å². The number of nitrogens with zero attached hydrogens (tertiary/aromatic N) is 2. The molecule has 0 atom stereocenters. The highest BCUT2D eigenvalue weighted by molar-refractivity contribution is 7.96. The summed E-state index contributed by atoms with van der Waals surface area (Å²) < 4.78 is 8.68. The number of carbonyl (C=O) groups excluding carboxylic acids is 1. The number of piperidine rings is 1. The van der Waals surface area contributed by atoms with Crippen molar-refractivity contribution >= 4 is 23.4 Å². The van der Waals surface area contributed by atoms with Crippen molar-refractivity contribution < 1.29 is 9.53 Å². The molecule has 6 heteroatoms. The lowest BCUT2D eigenvalue weighted by molar-refractivity contribution is -0.0199. The van der Waals surface area contributed by atoms with Gasteiger partial charge in [-0.1, -0.05) is 37.1 Å². The van der Waals surface area contributed by atoms with Crippen molar-refractivity contribution in [2.75, 3.05) is 46.1 Å². The van der Waals surface area contributed by atoms with Crippen LogP contribution in [0, 0.1) is 0 Å². The number of benzene rings is 1. The Balaban J connectivity index is 2.01. The van der Waals surface area contributed by atoms with E-state index in [4.69, 9.17) is 4.74 Å². The van der Waals surface area contributed by atoms with Crippen LogP contribution in [-0.4, -0.2) is 66.8 Å². The quantitative estimate of drug-likeness (QED) is 0.535. The van der Waals surface area contributed by atoms with Crippen LogP contribution >= 0.6 is 11.9 Å². The zero-order chi connectivity index (χ0) is 23.8. The molecule has 1 spiro atoms. The molecule has 0 saturated carbocycles. The van der Waals surface area contributed by atoms with Gasteiger partial charge in [0.15, 0.2) is 0 Å².